The van der Waals surface area contributed by atoms with Crippen LogP contribution in [0.4, 0.5) is 0 Å². The number of hydrogen-bond donors (Lipinski definition) is 2. The van der Waals surface area contributed by atoms with E-state index in [1.165, 1.54) is 0 Å². The predicted octanol–water partition coefficient (Wildman–Crippen LogP) is 2.74. The Morgan fingerprint density at radius 1 is 1.32 bits per heavy atom. The molecule has 6 heteroatoms. The summed E-state index contributed by atoms with van der Waals surface area (Å²) in [6.45, 7) is 6.32. The summed E-state index contributed by atoms with van der Waals surface area (Å²) in [4.78, 5) is 27.5. The van der Waals surface area contributed by atoms with Crippen molar-refractivity contribution in [2.24, 2.45) is 5.92 Å². The summed E-state index contributed by atoms with van der Waals surface area (Å²) in [5, 5.41) is 15.0. The van der Waals surface area contributed by atoms with Crippen molar-refractivity contribution < 1.29 is 14.7 Å². The predicted molar refractivity (Wildman–Crippen MR) is 86.0 cm³/mol. The van der Waals surface area contributed by atoms with E-state index in [4.69, 9.17) is 5.11 Å². The number of aliphatic carboxylic acids is 1. The number of thiazole rings is 1. The number of carboxylic acids is 1. The summed E-state index contributed by atoms with van der Waals surface area (Å²) in [5.74, 6) is -0.993. The zero-order valence-electron chi connectivity index (χ0n) is 13.4. The lowest BCUT2D eigenvalue weighted by Crippen LogP contribution is -2.39. The molecule has 0 unspecified atom stereocenters. The van der Waals surface area contributed by atoms with Gasteiger partial charge in [0.1, 0.15) is 0 Å². The number of carbonyl (C=O) groups is 2. The summed E-state index contributed by atoms with van der Waals surface area (Å²) in [7, 11) is 0. The molecule has 1 fully saturated rings. The maximum absolute atomic E-state index is 12.1. The summed E-state index contributed by atoms with van der Waals surface area (Å²) < 4.78 is 0. The van der Waals surface area contributed by atoms with Gasteiger partial charge in [0.15, 0.2) is 0 Å². The molecular weight excluding hydrogens is 300 g/mol. The molecular formula is C16H24N2O3S. The molecule has 1 aliphatic carbocycles. The lowest BCUT2D eigenvalue weighted by Gasteiger charge is -2.26. The molecule has 0 atom stereocenters. The number of rotatable bonds is 4. The first kappa shape index (κ1) is 16.9. The van der Waals surface area contributed by atoms with E-state index in [-0.39, 0.29) is 23.3 Å². The van der Waals surface area contributed by atoms with Gasteiger partial charge in [-0.3, -0.25) is 9.59 Å². The Balaban J connectivity index is 1.81. The van der Waals surface area contributed by atoms with Gasteiger partial charge in [0, 0.05) is 16.8 Å². The molecule has 5 nitrogen and oxygen atoms in total. The minimum Gasteiger partial charge on any atom is -0.481 e. The highest BCUT2D eigenvalue weighted by molar-refractivity contribution is 7.09. The van der Waals surface area contributed by atoms with Gasteiger partial charge in [-0.2, -0.15) is 0 Å². The monoisotopic (exact) mass is 324 g/mol. The van der Waals surface area contributed by atoms with Crippen LogP contribution in [0.2, 0.25) is 0 Å². The van der Waals surface area contributed by atoms with Crippen LogP contribution in [0.15, 0.2) is 5.38 Å². The summed E-state index contributed by atoms with van der Waals surface area (Å²) in [6, 6.07) is 0.101. The molecule has 0 saturated heterocycles. The van der Waals surface area contributed by atoms with Crippen LogP contribution in [0, 0.1) is 5.92 Å². The SMILES string of the molecule is CC(C)(C)c1nc(CC(=O)NC2CCC(C(=O)O)CC2)cs1. The number of aromatic nitrogens is 1. The molecule has 1 aromatic rings. The van der Waals surface area contributed by atoms with Crippen molar-refractivity contribution in [2.75, 3.05) is 0 Å². The summed E-state index contributed by atoms with van der Waals surface area (Å²) in [5.41, 5.74) is 0.820. The van der Waals surface area contributed by atoms with Crippen LogP contribution < -0.4 is 5.32 Å². The smallest absolute Gasteiger partial charge is 0.306 e. The van der Waals surface area contributed by atoms with Gasteiger partial charge in [-0.1, -0.05) is 20.8 Å². The molecule has 122 valence electrons. The van der Waals surface area contributed by atoms with E-state index in [0.29, 0.717) is 19.3 Å². The number of amides is 1. The van der Waals surface area contributed by atoms with E-state index in [1.54, 1.807) is 11.3 Å². The maximum atomic E-state index is 12.1. The highest BCUT2D eigenvalue weighted by Gasteiger charge is 2.27. The van der Waals surface area contributed by atoms with Crippen LogP contribution in [0.1, 0.15) is 57.2 Å². The largest absolute Gasteiger partial charge is 0.481 e. The van der Waals surface area contributed by atoms with Gasteiger partial charge in [0.05, 0.1) is 23.0 Å². The molecule has 1 aliphatic rings. The maximum Gasteiger partial charge on any atom is 0.306 e. The van der Waals surface area contributed by atoms with Crippen molar-refractivity contribution in [3.8, 4) is 0 Å². The van der Waals surface area contributed by atoms with Crippen LogP contribution in [0.5, 0.6) is 0 Å². The van der Waals surface area contributed by atoms with Crippen molar-refractivity contribution >= 4 is 23.2 Å². The summed E-state index contributed by atoms with van der Waals surface area (Å²) in [6.07, 6.45) is 3.07. The van der Waals surface area contributed by atoms with Crippen LogP contribution in [0.3, 0.4) is 0 Å². The molecule has 0 bridgehead atoms. The van der Waals surface area contributed by atoms with Crippen LogP contribution in [-0.4, -0.2) is 28.0 Å². The fraction of sp³-hybridized carbons (Fsp3) is 0.688. The van der Waals surface area contributed by atoms with E-state index in [9.17, 15) is 9.59 Å². The molecule has 0 aliphatic heterocycles. The van der Waals surface area contributed by atoms with E-state index in [0.717, 1.165) is 23.5 Å². The van der Waals surface area contributed by atoms with Gasteiger partial charge in [0.25, 0.3) is 0 Å². The molecule has 0 spiro atoms. The normalized spacial score (nSPS) is 22.3. The molecule has 0 radical (unpaired) electrons. The first-order valence-corrected chi connectivity index (χ1v) is 8.60. The lowest BCUT2D eigenvalue weighted by atomic mass is 9.86. The lowest BCUT2D eigenvalue weighted by molar-refractivity contribution is -0.142. The van der Waals surface area contributed by atoms with Crippen LogP contribution >= 0.6 is 11.3 Å². The molecule has 1 aromatic heterocycles. The number of nitrogens with zero attached hydrogens (tertiary/aromatic N) is 1. The van der Waals surface area contributed by atoms with Gasteiger partial charge < -0.3 is 10.4 Å². The molecule has 2 rings (SSSR count). The fourth-order valence-corrected chi connectivity index (χ4v) is 3.57. The minimum absolute atomic E-state index is 0.00854. The number of nitrogens with one attached hydrogen (secondary N) is 1. The average Bonchev–Trinajstić information content (AvgIpc) is 2.87. The quantitative estimate of drug-likeness (QED) is 0.892. The highest BCUT2D eigenvalue weighted by Crippen LogP contribution is 2.26. The Morgan fingerprint density at radius 3 is 2.45 bits per heavy atom. The average molecular weight is 324 g/mol. The second-order valence-corrected chi connectivity index (χ2v) is 7.88. The van der Waals surface area contributed by atoms with E-state index < -0.39 is 5.97 Å². The molecule has 1 saturated carbocycles. The van der Waals surface area contributed by atoms with Gasteiger partial charge >= 0.3 is 5.97 Å². The second kappa shape index (κ2) is 6.77. The Kier molecular flexibility index (Phi) is 5.21. The third-order valence-electron chi connectivity index (χ3n) is 3.98. The highest BCUT2D eigenvalue weighted by atomic mass is 32.1. The first-order chi connectivity index (χ1) is 10.3. The third kappa shape index (κ3) is 4.53. The van der Waals surface area contributed by atoms with Gasteiger partial charge in [-0.15, -0.1) is 11.3 Å². The number of carbonyl (C=O) groups excluding carboxylic acids is 1. The van der Waals surface area contributed by atoms with E-state index >= 15 is 0 Å². The second-order valence-electron chi connectivity index (χ2n) is 7.03. The molecule has 0 aromatic carbocycles. The fourth-order valence-electron chi connectivity index (χ4n) is 2.66. The summed E-state index contributed by atoms with van der Waals surface area (Å²) >= 11 is 1.59. The number of carboxylic acid groups (broad SMARTS) is 1. The number of hydrogen-bond acceptors (Lipinski definition) is 4. The van der Waals surface area contributed by atoms with Gasteiger partial charge in [-0.25, -0.2) is 4.98 Å². The standard InChI is InChI=1S/C16H24N2O3S/c1-16(2,3)15-18-12(9-22-15)8-13(19)17-11-6-4-10(5-7-11)14(20)21/h9-11H,4-8H2,1-3H3,(H,17,19)(H,20,21). The van der Waals surface area contributed by atoms with E-state index in [1.807, 2.05) is 5.38 Å². The Morgan fingerprint density at radius 2 is 1.95 bits per heavy atom. The van der Waals surface area contributed by atoms with Crippen molar-refractivity contribution in [2.45, 2.75) is 64.3 Å². The van der Waals surface area contributed by atoms with Gasteiger partial charge in [0.2, 0.25) is 5.91 Å². The molecule has 1 amide bonds. The molecule has 22 heavy (non-hydrogen) atoms. The zero-order valence-corrected chi connectivity index (χ0v) is 14.2. The Labute approximate surface area is 135 Å². The van der Waals surface area contributed by atoms with Crippen LogP contribution in [0.25, 0.3) is 0 Å². The Bertz CT molecular complexity index is 540. The zero-order chi connectivity index (χ0) is 16.3. The van der Waals surface area contributed by atoms with Crippen LogP contribution in [-0.2, 0) is 21.4 Å². The topological polar surface area (TPSA) is 79.3 Å². The first-order valence-electron chi connectivity index (χ1n) is 7.73. The molecule has 1 heterocycles. The van der Waals surface area contributed by atoms with E-state index in [2.05, 4.69) is 31.1 Å². The minimum atomic E-state index is -0.720. The Hall–Kier alpha value is -1.43. The van der Waals surface area contributed by atoms with Crippen molar-refractivity contribution in [1.82, 2.24) is 10.3 Å². The van der Waals surface area contributed by atoms with Crippen molar-refractivity contribution in [3.63, 3.8) is 0 Å². The van der Waals surface area contributed by atoms with Gasteiger partial charge in [-0.05, 0) is 25.7 Å². The van der Waals surface area contributed by atoms with Crippen molar-refractivity contribution in [1.29, 1.82) is 0 Å². The third-order valence-corrected chi connectivity index (χ3v) is 5.29. The molecule has 2 N–H and O–H groups in total. The van der Waals surface area contributed by atoms with Crippen molar-refractivity contribution in [3.05, 3.63) is 16.1 Å².